The average molecular weight is 558 g/mol. The summed E-state index contributed by atoms with van der Waals surface area (Å²) in [7, 11) is 0. The highest BCUT2D eigenvalue weighted by molar-refractivity contribution is 8.01. The van der Waals surface area contributed by atoms with Gasteiger partial charge in [-0.2, -0.15) is 0 Å². The van der Waals surface area contributed by atoms with Gasteiger partial charge in [-0.3, -0.25) is 0 Å². The normalized spacial score (nSPS) is 14.0. The minimum absolute atomic E-state index is 0.245. The summed E-state index contributed by atoms with van der Waals surface area (Å²) in [4.78, 5) is 7.90. The second kappa shape index (κ2) is 8.13. The standard InChI is InChI=1S/C36H20BNOS2/c1-2-8-23(9-3-1)38-26-11-6-14-30-34(26)37-35-27(38)12-7-15-31(35)41-33-20-22(19-32(40-30)36(33)37)21-16-17-29-25(18-21)24-10-4-5-13-28(24)39-29/h1-20H. The summed E-state index contributed by atoms with van der Waals surface area (Å²) in [6, 6.07) is 44.2. The van der Waals surface area contributed by atoms with Gasteiger partial charge in [-0.1, -0.05) is 78.1 Å². The van der Waals surface area contributed by atoms with Gasteiger partial charge < -0.3 is 9.32 Å². The van der Waals surface area contributed by atoms with Crippen LogP contribution in [0.2, 0.25) is 0 Å². The Balaban J connectivity index is 1.20. The van der Waals surface area contributed by atoms with Crippen LogP contribution in [0.3, 0.4) is 0 Å². The summed E-state index contributed by atoms with van der Waals surface area (Å²) in [5, 5.41) is 2.34. The van der Waals surface area contributed by atoms with Crippen molar-refractivity contribution in [3.8, 4) is 11.1 Å². The molecule has 0 saturated carbocycles. The van der Waals surface area contributed by atoms with E-state index in [1.54, 1.807) is 0 Å². The van der Waals surface area contributed by atoms with Crippen LogP contribution in [0.5, 0.6) is 0 Å². The Kier molecular flexibility index (Phi) is 4.44. The Morgan fingerprint density at radius 2 is 1.15 bits per heavy atom. The molecule has 0 aliphatic carbocycles. The smallest absolute Gasteiger partial charge is 0.252 e. The van der Waals surface area contributed by atoms with Crippen molar-refractivity contribution in [1.29, 1.82) is 0 Å². The van der Waals surface area contributed by atoms with E-state index in [1.165, 1.54) is 74.9 Å². The fourth-order valence-corrected chi connectivity index (χ4v) is 9.54. The van der Waals surface area contributed by atoms with Crippen molar-refractivity contribution in [3.63, 3.8) is 0 Å². The van der Waals surface area contributed by atoms with Crippen molar-refractivity contribution in [2.75, 3.05) is 4.90 Å². The molecule has 0 radical (unpaired) electrons. The van der Waals surface area contributed by atoms with Crippen LogP contribution < -0.4 is 21.3 Å². The molecule has 0 fully saturated rings. The minimum atomic E-state index is 0.245. The van der Waals surface area contributed by atoms with Crippen molar-refractivity contribution >= 4 is 85.6 Å². The molecule has 0 atom stereocenters. The highest BCUT2D eigenvalue weighted by Gasteiger charge is 2.45. The van der Waals surface area contributed by atoms with Crippen LogP contribution >= 0.6 is 23.5 Å². The lowest BCUT2D eigenvalue weighted by atomic mass is 9.34. The zero-order valence-corrected chi connectivity index (χ0v) is 23.4. The van der Waals surface area contributed by atoms with Crippen LogP contribution in [-0.2, 0) is 0 Å². The second-order valence-corrected chi connectivity index (χ2v) is 13.0. The quantitative estimate of drug-likeness (QED) is 0.198. The third-order valence-corrected chi connectivity index (χ3v) is 11.0. The van der Waals surface area contributed by atoms with Crippen molar-refractivity contribution in [2.24, 2.45) is 0 Å². The van der Waals surface area contributed by atoms with Crippen molar-refractivity contribution in [2.45, 2.75) is 19.6 Å². The van der Waals surface area contributed by atoms with E-state index in [0.717, 1.165) is 11.2 Å². The minimum Gasteiger partial charge on any atom is -0.456 e. The maximum Gasteiger partial charge on any atom is 0.252 e. The molecule has 3 aliphatic heterocycles. The first-order valence-corrected chi connectivity index (χ1v) is 15.5. The van der Waals surface area contributed by atoms with Gasteiger partial charge in [0.1, 0.15) is 11.2 Å². The monoisotopic (exact) mass is 557 g/mol. The lowest BCUT2D eigenvalue weighted by molar-refractivity contribution is 0.669. The van der Waals surface area contributed by atoms with E-state index < -0.39 is 0 Å². The van der Waals surface area contributed by atoms with Crippen LogP contribution in [-0.4, -0.2) is 6.71 Å². The Labute approximate surface area is 246 Å². The Bertz CT molecular complexity index is 2160. The van der Waals surface area contributed by atoms with E-state index in [-0.39, 0.29) is 6.71 Å². The second-order valence-electron chi connectivity index (χ2n) is 10.9. The van der Waals surface area contributed by atoms with Gasteiger partial charge in [-0.15, -0.1) is 0 Å². The van der Waals surface area contributed by atoms with E-state index in [1.807, 2.05) is 35.7 Å². The molecule has 0 unspecified atom stereocenters. The molecule has 1 aromatic heterocycles. The molecular weight excluding hydrogens is 537 g/mol. The molecule has 6 aromatic carbocycles. The third kappa shape index (κ3) is 3.03. The van der Waals surface area contributed by atoms with Crippen LogP contribution in [0.4, 0.5) is 17.1 Å². The third-order valence-electron chi connectivity index (χ3n) is 8.70. The number of furan rings is 1. The number of rotatable bonds is 2. The molecule has 0 amide bonds. The van der Waals surface area contributed by atoms with E-state index >= 15 is 0 Å². The zero-order valence-electron chi connectivity index (χ0n) is 21.8. The van der Waals surface area contributed by atoms with Crippen molar-refractivity contribution in [3.05, 3.63) is 121 Å². The summed E-state index contributed by atoms with van der Waals surface area (Å²) in [6.07, 6.45) is 0. The summed E-state index contributed by atoms with van der Waals surface area (Å²) in [6.45, 7) is 0.245. The SMILES string of the molecule is c1ccc(N2c3cccc4c3B3c5c(cc(-c6ccc7oc8ccccc8c7c6)cc5Sc5cccc2c53)S4)cc1. The molecule has 190 valence electrons. The average Bonchev–Trinajstić information content (AvgIpc) is 3.39. The summed E-state index contributed by atoms with van der Waals surface area (Å²) in [5.74, 6) is 0. The predicted molar refractivity (Wildman–Crippen MR) is 173 cm³/mol. The highest BCUT2D eigenvalue weighted by atomic mass is 32.2. The predicted octanol–water partition coefficient (Wildman–Crippen LogP) is 8.48. The lowest BCUT2D eigenvalue weighted by Crippen LogP contribution is -2.62. The van der Waals surface area contributed by atoms with Crippen LogP contribution in [0, 0.1) is 0 Å². The largest absolute Gasteiger partial charge is 0.456 e. The van der Waals surface area contributed by atoms with Gasteiger partial charge in [0.15, 0.2) is 0 Å². The Morgan fingerprint density at radius 3 is 1.88 bits per heavy atom. The number of hydrogen-bond acceptors (Lipinski definition) is 4. The van der Waals surface area contributed by atoms with Gasteiger partial charge in [0.2, 0.25) is 0 Å². The molecule has 5 heteroatoms. The first-order valence-electron chi connectivity index (χ1n) is 13.9. The van der Waals surface area contributed by atoms with Gasteiger partial charge in [0, 0.05) is 47.4 Å². The number of nitrogens with zero attached hydrogens (tertiary/aromatic N) is 1. The Hall–Kier alpha value is -4.32. The molecule has 0 bridgehead atoms. The van der Waals surface area contributed by atoms with Gasteiger partial charge in [-0.05, 0) is 94.2 Å². The molecule has 7 aromatic rings. The lowest BCUT2D eigenvalue weighted by Gasteiger charge is -2.43. The van der Waals surface area contributed by atoms with E-state index in [0.29, 0.717) is 0 Å². The van der Waals surface area contributed by atoms with Crippen LogP contribution in [0.15, 0.2) is 145 Å². The fraction of sp³-hybridized carbons (Fsp3) is 0. The van der Waals surface area contributed by atoms with Crippen LogP contribution in [0.25, 0.3) is 33.1 Å². The van der Waals surface area contributed by atoms with E-state index in [2.05, 4.69) is 114 Å². The number of benzene rings is 6. The summed E-state index contributed by atoms with van der Waals surface area (Å²) in [5.41, 5.74) is 12.5. The molecule has 0 N–H and O–H groups in total. The van der Waals surface area contributed by atoms with Gasteiger partial charge in [0.25, 0.3) is 6.71 Å². The molecule has 2 nitrogen and oxygen atoms in total. The van der Waals surface area contributed by atoms with E-state index in [9.17, 15) is 0 Å². The van der Waals surface area contributed by atoms with Crippen LogP contribution in [0.1, 0.15) is 0 Å². The first-order chi connectivity index (χ1) is 20.3. The zero-order chi connectivity index (χ0) is 26.7. The topological polar surface area (TPSA) is 16.4 Å². The molecule has 3 aliphatic rings. The van der Waals surface area contributed by atoms with Crippen molar-refractivity contribution in [1.82, 2.24) is 0 Å². The van der Waals surface area contributed by atoms with Crippen molar-refractivity contribution < 1.29 is 4.42 Å². The number of anilines is 3. The molecule has 10 rings (SSSR count). The Morgan fingerprint density at radius 1 is 0.488 bits per heavy atom. The van der Waals surface area contributed by atoms with Gasteiger partial charge in [-0.25, -0.2) is 0 Å². The maximum atomic E-state index is 6.12. The fourth-order valence-electron chi connectivity index (χ4n) is 6.99. The summed E-state index contributed by atoms with van der Waals surface area (Å²) >= 11 is 3.85. The van der Waals surface area contributed by atoms with Gasteiger partial charge in [0.05, 0.1) is 0 Å². The number of fused-ring (bicyclic) bond motifs is 3. The number of para-hydroxylation sites is 2. The maximum absolute atomic E-state index is 6.12. The summed E-state index contributed by atoms with van der Waals surface area (Å²) < 4.78 is 6.12. The first kappa shape index (κ1) is 22.4. The number of hydrogen-bond donors (Lipinski definition) is 0. The molecule has 41 heavy (non-hydrogen) atoms. The molecule has 0 saturated heterocycles. The molecular formula is C36H20BNOS2. The van der Waals surface area contributed by atoms with E-state index in [4.69, 9.17) is 4.42 Å². The molecule has 0 spiro atoms. The molecule has 4 heterocycles. The van der Waals surface area contributed by atoms with Gasteiger partial charge >= 0.3 is 0 Å². The highest BCUT2D eigenvalue weighted by Crippen LogP contribution is 2.47.